The Labute approximate surface area is 228 Å². The van der Waals surface area contributed by atoms with Crippen LogP contribution >= 0.6 is 0 Å². The molecule has 0 unspecified atom stereocenters. The minimum absolute atomic E-state index is 0.0199. The van der Waals surface area contributed by atoms with E-state index in [1.54, 1.807) is 6.92 Å². The van der Waals surface area contributed by atoms with Gasteiger partial charge in [-0.2, -0.15) is 0 Å². The van der Waals surface area contributed by atoms with Crippen LogP contribution in [0, 0.1) is 17.0 Å². The van der Waals surface area contributed by atoms with Gasteiger partial charge in [-0.3, -0.25) is 24.0 Å². The summed E-state index contributed by atoms with van der Waals surface area (Å²) in [5.41, 5.74) is 2.20. The van der Waals surface area contributed by atoms with Crippen LogP contribution in [0.4, 0.5) is 11.4 Å². The molecule has 0 aliphatic rings. The lowest BCUT2D eigenvalue weighted by Crippen LogP contribution is -2.53. The summed E-state index contributed by atoms with van der Waals surface area (Å²) in [6, 6.07) is 20.8. The second-order valence-corrected chi connectivity index (χ2v) is 11.0. The van der Waals surface area contributed by atoms with Gasteiger partial charge in [0.25, 0.3) is 5.69 Å². The molecule has 3 rings (SSSR count). The van der Waals surface area contributed by atoms with Crippen LogP contribution in [0.5, 0.6) is 0 Å². The molecule has 0 aliphatic heterocycles. The van der Waals surface area contributed by atoms with Crippen molar-refractivity contribution in [3.63, 3.8) is 0 Å². The minimum atomic E-state index is -4.02. The van der Waals surface area contributed by atoms with Crippen molar-refractivity contribution in [3.8, 4) is 0 Å². The summed E-state index contributed by atoms with van der Waals surface area (Å²) in [5, 5.41) is 14.1. The van der Waals surface area contributed by atoms with Crippen LogP contribution in [0.2, 0.25) is 0 Å². The van der Waals surface area contributed by atoms with Crippen LogP contribution in [0.15, 0.2) is 78.9 Å². The van der Waals surface area contributed by atoms with Crippen molar-refractivity contribution in [3.05, 3.63) is 106 Å². The quantitative estimate of drug-likeness (QED) is 0.271. The third kappa shape index (κ3) is 7.87. The number of sulfonamides is 1. The summed E-state index contributed by atoms with van der Waals surface area (Å²) in [4.78, 5) is 39.3. The van der Waals surface area contributed by atoms with Crippen LogP contribution in [0.25, 0.3) is 0 Å². The number of carbonyl (C=O) groups is 2. The maximum Gasteiger partial charge on any atom is 0.271 e. The molecular formula is C28H32N4O6S. The second kappa shape index (κ2) is 13.0. The Morgan fingerprint density at radius 2 is 1.67 bits per heavy atom. The predicted molar refractivity (Wildman–Crippen MR) is 150 cm³/mol. The van der Waals surface area contributed by atoms with Gasteiger partial charge >= 0.3 is 0 Å². The fourth-order valence-electron chi connectivity index (χ4n) is 4.19. The topological polar surface area (TPSA) is 130 Å². The third-order valence-electron chi connectivity index (χ3n) is 6.23. The van der Waals surface area contributed by atoms with Gasteiger partial charge in [0, 0.05) is 31.6 Å². The molecule has 0 aliphatic carbocycles. The van der Waals surface area contributed by atoms with Gasteiger partial charge in [-0.1, -0.05) is 60.7 Å². The van der Waals surface area contributed by atoms with Crippen LogP contribution in [-0.2, 0) is 32.6 Å². The standard InChI is InChI=1S/C28H32N4O6S/c1-4-29-28(34)26(17-22-12-6-5-7-13-22)30(19-23-14-9-8-11-21(23)2)27(33)20-31(39(3,37)38)24-15-10-16-25(18-24)32(35)36/h5-16,18,26H,4,17,19-20H2,1-3H3,(H,29,34)/t26-/m1/s1. The van der Waals surface area contributed by atoms with E-state index in [0.717, 1.165) is 33.3 Å². The number of likely N-dealkylation sites (N-methyl/N-ethyl adjacent to an activating group) is 1. The fourth-order valence-corrected chi connectivity index (χ4v) is 5.03. The molecule has 10 nitrogen and oxygen atoms in total. The highest BCUT2D eigenvalue weighted by Crippen LogP contribution is 2.24. The van der Waals surface area contributed by atoms with Crippen LogP contribution in [0.1, 0.15) is 23.6 Å². The maximum absolute atomic E-state index is 14.0. The van der Waals surface area contributed by atoms with E-state index in [1.807, 2.05) is 61.5 Å². The van der Waals surface area contributed by atoms with Crippen molar-refractivity contribution in [1.82, 2.24) is 10.2 Å². The second-order valence-electron chi connectivity index (χ2n) is 9.09. The maximum atomic E-state index is 14.0. The van der Waals surface area contributed by atoms with Gasteiger partial charge in [0.15, 0.2) is 0 Å². The first-order valence-corrected chi connectivity index (χ1v) is 14.2. The van der Waals surface area contributed by atoms with Crippen molar-refractivity contribution in [1.29, 1.82) is 0 Å². The monoisotopic (exact) mass is 552 g/mol. The van der Waals surface area contributed by atoms with E-state index in [2.05, 4.69) is 5.32 Å². The number of nitro groups is 1. The van der Waals surface area contributed by atoms with Gasteiger partial charge < -0.3 is 10.2 Å². The summed E-state index contributed by atoms with van der Waals surface area (Å²) in [5.74, 6) is -0.994. The molecule has 206 valence electrons. The first kappa shape index (κ1) is 29.3. The van der Waals surface area contributed by atoms with Crippen molar-refractivity contribution >= 4 is 33.2 Å². The van der Waals surface area contributed by atoms with E-state index in [0.29, 0.717) is 6.54 Å². The molecule has 0 saturated heterocycles. The Bertz CT molecular complexity index is 1430. The molecule has 0 spiro atoms. The third-order valence-corrected chi connectivity index (χ3v) is 7.37. The zero-order chi connectivity index (χ0) is 28.6. The molecule has 3 aromatic rings. The molecule has 0 aromatic heterocycles. The SMILES string of the molecule is CCNC(=O)[C@@H](Cc1ccccc1)N(Cc1ccccc1C)C(=O)CN(c1cccc([N+](=O)[O-])c1)S(C)(=O)=O. The fraction of sp³-hybridized carbons (Fsp3) is 0.286. The van der Waals surface area contributed by atoms with Crippen LogP contribution in [-0.4, -0.2) is 55.4 Å². The van der Waals surface area contributed by atoms with Crippen molar-refractivity contribution in [2.75, 3.05) is 23.7 Å². The normalized spacial score (nSPS) is 11.9. The van der Waals surface area contributed by atoms with Gasteiger partial charge in [0.2, 0.25) is 21.8 Å². The highest BCUT2D eigenvalue weighted by atomic mass is 32.2. The van der Waals surface area contributed by atoms with E-state index < -0.39 is 33.4 Å². The lowest BCUT2D eigenvalue weighted by Gasteiger charge is -2.33. The number of non-ortho nitro benzene ring substituents is 1. The molecule has 11 heteroatoms. The summed E-state index contributed by atoms with van der Waals surface area (Å²) < 4.78 is 26.4. The van der Waals surface area contributed by atoms with Gasteiger partial charge in [0.1, 0.15) is 12.6 Å². The molecule has 0 bridgehead atoms. The van der Waals surface area contributed by atoms with E-state index in [1.165, 1.54) is 23.1 Å². The summed E-state index contributed by atoms with van der Waals surface area (Å²) in [7, 11) is -4.02. The zero-order valence-corrected chi connectivity index (χ0v) is 22.9. The molecule has 0 saturated carbocycles. The van der Waals surface area contributed by atoms with Crippen LogP contribution in [0.3, 0.4) is 0 Å². The predicted octanol–water partition coefficient (Wildman–Crippen LogP) is 3.45. The number of amides is 2. The number of aryl methyl sites for hydroxylation is 1. The highest BCUT2D eigenvalue weighted by molar-refractivity contribution is 7.92. The van der Waals surface area contributed by atoms with Crippen molar-refractivity contribution in [2.24, 2.45) is 0 Å². The zero-order valence-electron chi connectivity index (χ0n) is 22.1. The Morgan fingerprint density at radius 1 is 1.00 bits per heavy atom. The van der Waals surface area contributed by atoms with E-state index in [9.17, 15) is 28.1 Å². The summed E-state index contributed by atoms with van der Waals surface area (Å²) in [6.07, 6.45) is 1.13. The number of nitro benzene ring substituents is 1. The largest absolute Gasteiger partial charge is 0.355 e. The first-order valence-electron chi connectivity index (χ1n) is 12.4. The van der Waals surface area contributed by atoms with E-state index in [-0.39, 0.29) is 30.2 Å². The van der Waals surface area contributed by atoms with Crippen LogP contribution < -0.4 is 9.62 Å². The molecule has 2 amide bonds. The molecule has 3 aromatic carbocycles. The Balaban J connectivity index is 2.07. The molecule has 1 N–H and O–H groups in total. The molecule has 0 radical (unpaired) electrons. The summed E-state index contributed by atoms with van der Waals surface area (Å²) >= 11 is 0. The number of hydrogen-bond acceptors (Lipinski definition) is 6. The average Bonchev–Trinajstić information content (AvgIpc) is 2.90. The number of anilines is 1. The number of rotatable bonds is 12. The first-order chi connectivity index (χ1) is 18.5. The lowest BCUT2D eigenvalue weighted by atomic mass is 10.0. The smallest absolute Gasteiger partial charge is 0.271 e. The highest BCUT2D eigenvalue weighted by Gasteiger charge is 2.33. The molecular weight excluding hydrogens is 520 g/mol. The Kier molecular flexibility index (Phi) is 9.78. The Hall–Kier alpha value is -4.25. The Morgan fingerprint density at radius 3 is 2.28 bits per heavy atom. The van der Waals surface area contributed by atoms with Gasteiger partial charge in [-0.15, -0.1) is 0 Å². The minimum Gasteiger partial charge on any atom is -0.355 e. The van der Waals surface area contributed by atoms with Crippen molar-refractivity contribution in [2.45, 2.75) is 32.9 Å². The molecule has 0 heterocycles. The summed E-state index contributed by atoms with van der Waals surface area (Å²) in [6.45, 7) is 3.43. The van der Waals surface area contributed by atoms with E-state index in [4.69, 9.17) is 0 Å². The van der Waals surface area contributed by atoms with Crippen molar-refractivity contribution < 1.29 is 22.9 Å². The molecule has 0 fully saturated rings. The number of nitrogens with zero attached hydrogens (tertiary/aromatic N) is 3. The number of benzene rings is 3. The number of nitrogens with one attached hydrogen (secondary N) is 1. The van der Waals surface area contributed by atoms with Gasteiger partial charge in [-0.05, 0) is 36.6 Å². The molecule has 1 atom stereocenters. The van der Waals surface area contributed by atoms with E-state index >= 15 is 0 Å². The number of hydrogen-bond donors (Lipinski definition) is 1. The average molecular weight is 553 g/mol. The molecule has 39 heavy (non-hydrogen) atoms. The lowest BCUT2D eigenvalue weighted by molar-refractivity contribution is -0.384. The van der Waals surface area contributed by atoms with Gasteiger partial charge in [0.05, 0.1) is 16.9 Å². The van der Waals surface area contributed by atoms with Gasteiger partial charge in [-0.25, -0.2) is 8.42 Å². The number of carbonyl (C=O) groups excluding carboxylic acids is 2.